The average molecular weight is 333 g/mol. The van der Waals surface area contributed by atoms with Gasteiger partial charge in [0.25, 0.3) is 5.91 Å². The first-order chi connectivity index (χ1) is 11.1. The molecule has 1 aromatic carbocycles. The number of benzene rings is 1. The average Bonchev–Trinajstić information content (AvgIpc) is 2.97. The molecule has 0 unspecified atom stereocenters. The second-order valence-electron chi connectivity index (χ2n) is 5.06. The summed E-state index contributed by atoms with van der Waals surface area (Å²) in [5, 5.41) is 2.95. The molecule has 1 N–H and O–H groups in total. The minimum Gasteiger partial charge on any atom is -0.490 e. The van der Waals surface area contributed by atoms with Gasteiger partial charge >= 0.3 is 0 Å². The number of thiophene rings is 1. The number of carbonyl (C=O) groups is 1. The topological polar surface area (TPSA) is 47.6 Å². The van der Waals surface area contributed by atoms with Crippen LogP contribution in [0.25, 0.3) is 0 Å². The first-order valence-corrected chi connectivity index (χ1v) is 8.68. The summed E-state index contributed by atoms with van der Waals surface area (Å²) in [7, 11) is 0. The van der Waals surface area contributed by atoms with Crippen molar-refractivity contribution in [1.29, 1.82) is 0 Å². The minimum absolute atomic E-state index is 0.0148. The monoisotopic (exact) mass is 333 g/mol. The van der Waals surface area contributed by atoms with Gasteiger partial charge in [-0.2, -0.15) is 0 Å². The maximum atomic E-state index is 12.0. The highest BCUT2D eigenvalue weighted by Crippen LogP contribution is 2.28. The lowest BCUT2D eigenvalue weighted by molar-refractivity contribution is 0.0958. The summed E-state index contributed by atoms with van der Waals surface area (Å²) in [6.45, 7) is 7.69. The summed E-state index contributed by atoms with van der Waals surface area (Å²) in [6.07, 6.45) is 0.753. The summed E-state index contributed by atoms with van der Waals surface area (Å²) in [5.41, 5.74) is 1.11. The van der Waals surface area contributed by atoms with Crippen molar-refractivity contribution in [3.8, 4) is 11.5 Å². The molecule has 0 aliphatic heterocycles. The molecule has 0 aliphatic rings. The van der Waals surface area contributed by atoms with Gasteiger partial charge in [0.15, 0.2) is 11.5 Å². The Hall–Kier alpha value is -2.01. The number of aryl methyl sites for hydroxylation is 1. The Balaban J connectivity index is 1.92. The molecule has 23 heavy (non-hydrogen) atoms. The van der Waals surface area contributed by atoms with E-state index >= 15 is 0 Å². The highest BCUT2D eigenvalue weighted by Gasteiger charge is 2.09. The predicted octanol–water partition coefficient (Wildman–Crippen LogP) is 3.83. The Labute approximate surface area is 141 Å². The summed E-state index contributed by atoms with van der Waals surface area (Å²) in [5.74, 6) is 1.50. The number of nitrogens with one attached hydrogen (secondary N) is 1. The molecule has 0 saturated heterocycles. The number of hydrogen-bond acceptors (Lipinski definition) is 4. The Morgan fingerprint density at radius 2 is 1.83 bits per heavy atom. The van der Waals surface area contributed by atoms with E-state index in [0.717, 1.165) is 33.2 Å². The highest BCUT2D eigenvalue weighted by molar-refractivity contribution is 7.13. The smallest absolute Gasteiger partial charge is 0.261 e. The van der Waals surface area contributed by atoms with Crippen molar-refractivity contribution in [3.63, 3.8) is 0 Å². The lowest BCUT2D eigenvalue weighted by atomic mass is 10.1. The molecule has 2 aromatic rings. The Kier molecular flexibility index (Phi) is 6.47. The summed E-state index contributed by atoms with van der Waals surface area (Å²) in [6, 6.07) is 9.74. The highest BCUT2D eigenvalue weighted by atomic mass is 32.1. The quantitative estimate of drug-likeness (QED) is 0.799. The van der Waals surface area contributed by atoms with Crippen molar-refractivity contribution < 1.29 is 14.3 Å². The van der Waals surface area contributed by atoms with E-state index in [2.05, 4.69) is 5.32 Å². The van der Waals surface area contributed by atoms with E-state index in [-0.39, 0.29) is 5.91 Å². The van der Waals surface area contributed by atoms with Crippen LogP contribution in [0, 0.1) is 6.92 Å². The van der Waals surface area contributed by atoms with Gasteiger partial charge in [0.2, 0.25) is 0 Å². The fourth-order valence-electron chi connectivity index (χ4n) is 2.22. The molecule has 4 nitrogen and oxygen atoms in total. The van der Waals surface area contributed by atoms with Crippen LogP contribution in [0.4, 0.5) is 0 Å². The minimum atomic E-state index is -0.0148. The van der Waals surface area contributed by atoms with Crippen molar-refractivity contribution in [2.45, 2.75) is 27.2 Å². The van der Waals surface area contributed by atoms with Crippen molar-refractivity contribution in [1.82, 2.24) is 5.32 Å². The Bertz CT molecular complexity index is 651. The molecule has 0 aliphatic carbocycles. The largest absolute Gasteiger partial charge is 0.490 e. The molecular weight excluding hydrogens is 310 g/mol. The first-order valence-electron chi connectivity index (χ1n) is 7.87. The third-order valence-electron chi connectivity index (χ3n) is 3.27. The van der Waals surface area contributed by atoms with Gasteiger partial charge < -0.3 is 14.8 Å². The SMILES string of the molecule is CCOc1ccc(CCNC(=O)c2ccc(C)s2)cc1OCC. The van der Waals surface area contributed by atoms with Crippen LogP contribution in [-0.2, 0) is 6.42 Å². The van der Waals surface area contributed by atoms with Crippen LogP contribution in [0.2, 0.25) is 0 Å². The van der Waals surface area contributed by atoms with Crippen LogP contribution >= 0.6 is 11.3 Å². The maximum Gasteiger partial charge on any atom is 0.261 e. The molecule has 0 radical (unpaired) electrons. The summed E-state index contributed by atoms with van der Waals surface area (Å²) >= 11 is 1.51. The predicted molar refractivity (Wildman–Crippen MR) is 93.9 cm³/mol. The van der Waals surface area contributed by atoms with Crippen LogP contribution in [-0.4, -0.2) is 25.7 Å². The third-order valence-corrected chi connectivity index (χ3v) is 4.27. The molecule has 1 amide bonds. The van der Waals surface area contributed by atoms with E-state index < -0.39 is 0 Å². The van der Waals surface area contributed by atoms with E-state index in [1.165, 1.54) is 11.3 Å². The molecule has 0 bridgehead atoms. The fraction of sp³-hybridized carbons (Fsp3) is 0.389. The van der Waals surface area contributed by atoms with Gasteiger partial charge in [0, 0.05) is 11.4 Å². The van der Waals surface area contributed by atoms with Gasteiger partial charge in [-0.3, -0.25) is 4.79 Å². The van der Waals surface area contributed by atoms with Crippen molar-refractivity contribution in [3.05, 3.63) is 45.6 Å². The van der Waals surface area contributed by atoms with E-state index in [1.807, 2.05) is 51.1 Å². The van der Waals surface area contributed by atoms with Crippen LogP contribution in [0.15, 0.2) is 30.3 Å². The van der Waals surface area contributed by atoms with Gasteiger partial charge in [-0.05, 0) is 57.0 Å². The molecule has 1 aromatic heterocycles. The number of ether oxygens (including phenoxy) is 2. The second kappa shape index (κ2) is 8.58. The molecular formula is C18H23NO3S. The van der Waals surface area contributed by atoms with Crippen LogP contribution in [0.5, 0.6) is 11.5 Å². The zero-order chi connectivity index (χ0) is 16.7. The lowest BCUT2D eigenvalue weighted by Gasteiger charge is -2.12. The van der Waals surface area contributed by atoms with E-state index in [4.69, 9.17) is 9.47 Å². The van der Waals surface area contributed by atoms with Gasteiger partial charge in [-0.25, -0.2) is 0 Å². The molecule has 0 fully saturated rings. The van der Waals surface area contributed by atoms with E-state index in [9.17, 15) is 4.79 Å². The molecule has 124 valence electrons. The number of amides is 1. The molecule has 2 rings (SSSR count). The van der Waals surface area contributed by atoms with Crippen molar-refractivity contribution in [2.75, 3.05) is 19.8 Å². The lowest BCUT2D eigenvalue weighted by Crippen LogP contribution is -2.24. The van der Waals surface area contributed by atoms with Crippen LogP contribution < -0.4 is 14.8 Å². The number of hydrogen-bond donors (Lipinski definition) is 1. The Morgan fingerprint density at radius 3 is 2.48 bits per heavy atom. The summed E-state index contributed by atoms with van der Waals surface area (Å²) in [4.78, 5) is 13.9. The zero-order valence-corrected chi connectivity index (χ0v) is 14.7. The van der Waals surface area contributed by atoms with Crippen molar-refractivity contribution in [2.24, 2.45) is 0 Å². The first kappa shape index (κ1) is 17.3. The summed E-state index contributed by atoms with van der Waals surface area (Å²) < 4.78 is 11.2. The van der Waals surface area contributed by atoms with Gasteiger partial charge in [0.1, 0.15) is 0 Å². The molecule has 1 heterocycles. The van der Waals surface area contributed by atoms with E-state index in [0.29, 0.717) is 19.8 Å². The Morgan fingerprint density at radius 1 is 1.09 bits per heavy atom. The van der Waals surface area contributed by atoms with E-state index in [1.54, 1.807) is 0 Å². The van der Waals surface area contributed by atoms with Gasteiger partial charge in [-0.15, -0.1) is 11.3 Å². The molecule has 0 saturated carbocycles. The maximum absolute atomic E-state index is 12.0. The zero-order valence-electron chi connectivity index (χ0n) is 13.8. The van der Waals surface area contributed by atoms with Crippen LogP contribution in [0.1, 0.15) is 34.0 Å². The molecule has 0 spiro atoms. The molecule has 0 atom stereocenters. The standard InChI is InChI=1S/C18H23NO3S/c1-4-21-15-8-7-14(12-16(15)22-5-2)10-11-19-18(20)17-9-6-13(3)23-17/h6-9,12H,4-5,10-11H2,1-3H3,(H,19,20). The van der Waals surface area contributed by atoms with Gasteiger partial charge in [0.05, 0.1) is 18.1 Å². The number of carbonyl (C=O) groups excluding carboxylic acids is 1. The normalized spacial score (nSPS) is 10.4. The number of rotatable bonds is 8. The van der Waals surface area contributed by atoms with Crippen molar-refractivity contribution >= 4 is 17.2 Å². The fourth-order valence-corrected chi connectivity index (χ4v) is 3.00. The van der Waals surface area contributed by atoms with Gasteiger partial charge in [-0.1, -0.05) is 6.07 Å². The second-order valence-corrected chi connectivity index (χ2v) is 6.35. The molecule has 5 heteroatoms. The van der Waals surface area contributed by atoms with Crippen LogP contribution in [0.3, 0.4) is 0 Å². The third kappa shape index (κ3) is 4.99.